The molecule has 122 valence electrons. The number of amides is 1. The molecule has 0 spiro atoms. The topological polar surface area (TPSA) is 90.0 Å². The first-order valence-electron chi connectivity index (χ1n) is 8.04. The molecule has 1 fully saturated rings. The largest absolute Gasteiger partial charge is 0.352 e. The van der Waals surface area contributed by atoms with Crippen LogP contribution in [0.15, 0.2) is 29.3 Å². The fraction of sp³-hybridized carbons (Fsp3) is 0.471. The highest BCUT2D eigenvalue weighted by molar-refractivity contribution is 5.80. The van der Waals surface area contributed by atoms with E-state index in [2.05, 4.69) is 10.3 Å². The summed E-state index contributed by atoms with van der Waals surface area (Å²) in [7, 11) is 0. The molecule has 6 nitrogen and oxygen atoms in total. The summed E-state index contributed by atoms with van der Waals surface area (Å²) in [5.41, 5.74) is 7.27. The third-order valence-corrected chi connectivity index (χ3v) is 4.43. The Morgan fingerprint density at radius 3 is 2.96 bits per heavy atom. The smallest absolute Gasteiger partial charge is 0.261 e. The molecular weight excluding hydrogens is 292 g/mol. The van der Waals surface area contributed by atoms with Gasteiger partial charge in [-0.25, -0.2) is 4.98 Å². The van der Waals surface area contributed by atoms with E-state index in [1.165, 1.54) is 10.9 Å². The highest BCUT2D eigenvalue weighted by atomic mass is 16.2. The first-order valence-corrected chi connectivity index (χ1v) is 8.04. The van der Waals surface area contributed by atoms with Crippen LogP contribution in [0.1, 0.15) is 24.8 Å². The lowest BCUT2D eigenvalue weighted by molar-refractivity contribution is -0.122. The number of hydrogen-bond donors (Lipinski definition) is 2. The number of nitrogens with zero attached hydrogens (tertiary/aromatic N) is 2. The minimum atomic E-state index is -0.107. The first kappa shape index (κ1) is 15.7. The first-order chi connectivity index (χ1) is 11.1. The molecule has 0 saturated heterocycles. The van der Waals surface area contributed by atoms with Gasteiger partial charge in [0.25, 0.3) is 5.56 Å². The summed E-state index contributed by atoms with van der Waals surface area (Å²) in [4.78, 5) is 28.9. The number of carbonyl (C=O) groups is 1. The van der Waals surface area contributed by atoms with Crippen LogP contribution in [0.4, 0.5) is 0 Å². The van der Waals surface area contributed by atoms with E-state index in [1.54, 1.807) is 6.07 Å². The predicted molar refractivity (Wildman–Crippen MR) is 89.1 cm³/mol. The minimum Gasteiger partial charge on any atom is -0.352 e. The fourth-order valence-corrected chi connectivity index (χ4v) is 2.87. The van der Waals surface area contributed by atoms with E-state index in [1.807, 2.05) is 19.1 Å². The summed E-state index contributed by atoms with van der Waals surface area (Å²) in [5, 5.41) is 3.55. The van der Waals surface area contributed by atoms with Gasteiger partial charge in [-0.05, 0) is 37.3 Å². The number of hydrogen-bond acceptors (Lipinski definition) is 4. The molecule has 3 N–H and O–H groups in total. The highest BCUT2D eigenvalue weighted by Gasteiger charge is 2.31. The van der Waals surface area contributed by atoms with Crippen LogP contribution >= 0.6 is 0 Å². The van der Waals surface area contributed by atoms with Crippen molar-refractivity contribution in [1.82, 2.24) is 14.9 Å². The SMILES string of the molecule is Cc1cccc2c(=O)n(CCC(=O)NC(CN)C3CC3)cnc12. The summed E-state index contributed by atoms with van der Waals surface area (Å²) in [6.45, 7) is 2.72. The molecule has 1 saturated carbocycles. The van der Waals surface area contributed by atoms with Gasteiger partial charge < -0.3 is 11.1 Å². The van der Waals surface area contributed by atoms with Crippen molar-refractivity contribution in [3.05, 3.63) is 40.4 Å². The monoisotopic (exact) mass is 314 g/mol. The van der Waals surface area contributed by atoms with Crippen LogP contribution in [0.5, 0.6) is 0 Å². The lowest BCUT2D eigenvalue weighted by Crippen LogP contribution is -2.42. The molecule has 1 heterocycles. The van der Waals surface area contributed by atoms with Crippen LogP contribution in [0.2, 0.25) is 0 Å². The maximum absolute atomic E-state index is 12.5. The van der Waals surface area contributed by atoms with Gasteiger partial charge in [-0.2, -0.15) is 0 Å². The number of nitrogens with two attached hydrogens (primary N) is 1. The van der Waals surface area contributed by atoms with Gasteiger partial charge in [-0.3, -0.25) is 14.2 Å². The van der Waals surface area contributed by atoms with E-state index in [0.29, 0.717) is 24.4 Å². The standard InChI is InChI=1S/C17H22N4O2/c1-11-3-2-4-13-16(11)19-10-21(17(13)23)8-7-15(22)20-14(9-18)12-5-6-12/h2-4,10,12,14H,5-9,18H2,1H3,(H,20,22). The maximum Gasteiger partial charge on any atom is 0.261 e. The van der Waals surface area contributed by atoms with Crippen molar-refractivity contribution >= 4 is 16.8 Å². The van der Waals surface area contributed by atoms with Crippen molar-refractivity contribution in [2.24, 2.45) is 11.7 Å². The Morgan fingerprint density at radius 2 is 2.26 bits per heavy atom. The Balaban J connectivity index is 1.68. The molecule has 1 aliphatic rings. The lowest BCUT2D eigenvalue weighted by atomic mass is 10.1. The molecule has 23 heavy (non-hydrogen) atoms. The molecule has 1 amide bonds. The van der Waals surface area contributed by atoms with Crippen LogP contribution in [0.25, 0.3) is 10.9 Å². The van der Waals surface area contributed by atoms with Crippen LogP contribution in [0, 0.1) is 12.8 Å². The van der Waals surface area contributed by atoms with Crippen LogP contribution < -0.4 is 16.6 Å². The Kier molecular flexibility index (Phi) is 4.43. The molecule has 1 aromatic heterocycles. The minimum absolute atomic E-state index is 0.0661. The fourth-order valence-electron chi connectivity index (χ4n) is 2.87. The van der Waals surface area contributed by atoms with Gasteiger partial charge in [0, 0.05) is 25.6 Å². The van der Waals surface area contributed by atoms with Gasteiger partial charge in [0.15, 0.2) is 0 Å². The highest BCUT2D eigenvalue weighted by Crippen LogP contribution is 2.32. The van der Waals surface area contributed by atoms with E-state index >= 15 is 0 Å². The van der Waals surface area contributed by atoms with Gasteiger partial charge in [0.2, 0.25) is 5.91 Å². The number of rotatable bonds is 6. The van der Waals surface area contributed by atoms with Crippen LogP contribution in [0.3, 0.4) is 0 Å². The molecule has 0 bridgehead atoms. The van der Waals surface area contributed by atoms with Gasteiger partial charge in [-0.1, -0.05) is 12.1 Å². The number of para-hydroxylation sites is 1. The molecule has 3 rings (SSSR count). The second kappa shape index (κ2) is 6.50. The number of aryl methyl sites for hydroxylation is 2. The Morgan fingerprint density at radius 1 is 1.48 bits per heavy atom. The zero-order chi connectivity index (χ0) is 16.4. The van der Waals surface area contributed by atoms with Crippen molar-refractivity contribution in [3.8, 4) is 0 Å². The predicted octanol–water partition coefficient (Wildman–Crippen LogP) is 0.949. The van der Waals surface area contributed by atoms with E-state index in [4.69, 9.17) is 5.73 Å². The van der Waals surface area contributed by atoms with E-state index in [-0.39, 0.29) is 23.9 Å². The molecular formula is C17H22N4O2. The summed E-state index contributed by atoms with van der Waals surface area (Å²) in [5.74, 6) is 0.459. The van der Waals surface area contributed by atoms with E-state index < -0.39 is 0 Å². The van der Waals surface area contributed by atoms with Gasteiger partial charge in [0.05, 0.1) is 17.2 Å². The molecule has 1 unspecified atom stereocenters. The van der Waals surface area contributed by atoms with Gasteiger partial charge >= 0.3 is 0 Å². The summed E-state index contributed by atoms with van der Waals surface area (Å²) < 4.78 is 1.50. The number of aromatic nitrogens is 2. The van der Waals surface area contributed by atoms with Gasteiger partial charge in [-0.15, -0.1) is 0 Å². The van der Waals surface area contributed by atoms with Crippen molar-refractivity contribution in [3.63, 3.8) is 0 Å². The van der Waals surface area contributed by atoms with E-state index in [9.17, 15) is 9.59 Å². The molecule has 1 atom stereocenters. The molecule has 1 aromatic carbocycles. The molecule has 1 aliphatic carbocycles. The molecule has 0 aliphatic heterocycles. The zero-order valence-corrected chi connectivity index (χ0v) is 13.3. The molecule has 0 radical (unpaired) electrons. The maximum atomic E-state index is 12.5. The normalized spacial score (nSPS) is 15.6. The average molecular weight is 314 g/mol. The Labute approximate surface area is 134 Å². The second-order valence-corrected chi connectivity index (χ2v) is 6.21. The number of fused-ring (bicyclic) bond motifs is 1. The summed E-state index contributed by atoms with van der Waals surface area (Å²) in [6, 6.07) is 5.61. The quantitative estimate of drug-likeness (QED) is 0.830. The number of benzene rings is 1. The number of carbonyl (C=O) groups excluding carboxylic acids is 1. The third-order valence-electron chi connectivity index (χ3n) is 4.43. The Bertz CT molecular complexity index is 780. The van der Waals surface area contributed by atoms with Crippen molar-refractivity contribution in [2.75, 3.05) is 6.54 Å². The van der Waals surface area contributed by atoms with Crippen molar-refractivity contribution in [2.45, 2.75) is 38.8 Å². The molecule has 2 aromatic rings. The second-order valence-electron chi connectivity index (χ2n) is 6.21. The number of nitrogens with one attached hydrogen (secondary N) is 1. The van der Waals surface area contributed by atoms with Gasteiger partial charge in [0.1, 0.15) is 0 Å². The summed E-state index contributed by atoms with van der Waals surface area (Å²) in [6.07, 6.45) is 4.04. The molecule has 6 heteroatoms. The zero-order valence-electron chi connectivity index (χ0n) is 13.3. The van der Waals surface area contributed by atoms with Crippen LogP contribution in [-0.4, -0.2) is 28.0 Å². The third kappa shape index (κ3) is 3.42. The van der Waals surface area contributed by atoms with E-state index in [0.717, 1.165) is 23.9 Å². The van der Waals surface area contributed by atoms with Crippen LogP contribution in [-0.2, 0) is 11.3 Å². The average Bonchev–Trinajstić information content (AvgIpc) is 3.37. The lowest BCUT2D eigenvalue weighted by Gasteiger charge is -2.16. The van der Waals surface area contributed by atoms with Crippen molar-refractivity contribution in [1.29, 1.82) is 0 Å². The summed E-state index contributed by atoms with van der Waals surface area (Å²) >= 11 is 0. The Hall–Kier alpha value is -2.21. The van der Waals surface area contributed by atoms with Crippen molar-refractivity contribution < 1.29 is 4.79 Å².